The third-order valence-electron chi connectivity index (χ3n) is 2.49. The molecule has 2 nitrogen and oxygen atoms in total. The van der Waals surface area contributed by atoms with Gasteiger partial charge in [-0.3, -0.25) is 4.79 Å². The van der Waals surface area contributed by atoms with Crippen LogP contribution in [0.3, 0.4) is 0 Å². The fraction of sp³-hybridized carbons (Fsp3) is 0.417. The van der Waals surface area contributed by atoms with Gasteiger partial charge in [-0.2, -0.15) is 0 Å². The van der Waals surface area contributed by atoms with E-state index in [0.717, 1.165) is 10.0 Å². The van der Waals surface area contributed by atoms with Crippen LogP contribution >= 0.6 is 15.9 Å². The van der Waals surface area contributed by atoms with Gasteiger partial charge in [0.2, 0.25) is 0 Å². The number of carboxylic acids is 1. The van der Waals surface area contributed by atoms with Crippen LogP contribution in [0.15, 0.2) is 28.7 Å². The van der Waals surface area contributed by atoms with Crippen LogP contribution in [0, 0.1) is 11.8 Å². The molecule has 82 valence electrons. The highest BCUT2D eigenvalue weighted by Crippen LogP contribution is 2.19. The predicted octanol–water partition coefficient (Wildman–Crippen LogP) is 3.35. The Hall–Kier alpha value is -0.830. The maximum Gasteiger partial charge on any atom is 0.307 e. The molecular formula is C12H15BrO2. The minimum atomic E-state index is -0.715. The minimum Gasteiger partial charge on any atom is -0.481 e. The number of carboxylic acid groups (broad SMARTS) is 1. The molecule has 0 aliphatic heterocycles. The molecule has 0 aliphatic carbocycles. The summed E-state index contributed by atoms with van der Waals surface area (Å²) in [6.07, 6.45) is 0.597. The molecule has 1 atom stereocenters. The summed E-state index contributed by atoms with van der Waals surface area (Å²) in [6.45, 7) is 3.88. The number of hydrogen-bond donors (Lipinski definition) is 1. The van der Waals surface area contributed by atoms with Crippen molar-refractivity contribution in [1.29, 1.82) is 0 Å². The zero-order valence-corrected chi connectivity index (χ0v) is 10.5. The largest absolute Gasteiger partial charge is 0.481 e. The van der Waals surface area contributed by atoms with Crippen molar-refractivity contribution in [3.63, 3.8) is 0 Å². The van der Waals surface area contributed by atoms with E-state index in [1.54, 1.807) is 0 Å². The lowest BCUT2D eigenvalue weighted by Crippen LogP contribution is -2.22. The Morgan fingerprint density at radius 1 is 1.33 bits per heavy atom. The van der Waals surface area contributed by atoms with Crippen molar-refractivity contribution in [3.05, 3.63) is 34.3 Å². The van der Waals surface area contributed by atoms with E-state index in [0.29, 0.717) is 6.42 Å². The summed E-state index contributed by atoms with van der Waals surface area (Å²) in [5, 5.41) is 9.05. The molecule has 0 saturated heterocycles. The first-order valence-corrected chi connectivity index (χ1v) is 5.77. The Morgan fingerprint density at radius 2 is 1.87 bits per heavy atom. The van der Waals surface area contributed by atoms with E-state index in [-0.39, 0.29) is 11.8 Å². The van der Waals surface area contributed by atoms with Gasteiger partial charge in [0.1, 0.15) is 0 Å². The van der Waals surface area contributed by atoms with Gasteiger partial charge in [-0.15, -0.1) is 0 Å². The van der Waals surface area contributed by atoms with Crippen LogP contribution < -0.4 is 0 Å². The summed E-state index contributed by atoms with van der Waals surface area (Å²) in [7, 11) is 0. The minimum absolute atomic E-state index is 0.158. The Morgan fingerprint density at radius 3 is 2.27 bits per heavy atom. The molecule has 0 radical (unpaired) electrons. The monoisotopic (exact) mass is 270 g/mol. The molecule has 0 bridgehead atoms. The molecule has 0 fully saturated rings. The van der Waals surface area contributed by atoms with Crippen LogP contribution in [0.1, 0.15) is 19.4 Å². The van der Waals surface area contributed by atoms with Gasteiger partial charge < -0.3 is 5.11 Å². The average molecular weight is 271 g/mol. The first-order valence-electron chi connectivity index (χ1n) is 4.98. The summed E-state index contributed by atoms with van der Waals surface area (Å²) >= 11 is 3.35. The van der Waals surface area contributed by atoms with Crippen LogP contribution in [0.25, 0.3) is 0 Å². The number of benzene rings is 1. The van der Waals surface area contributed by atoms with Gasteiger partial charge in [0, 0.05) is 4.47 Å². The Bertz CT molecular complexity index is 330. The zero-order chi connectivity index (χ0) is 11.4. The van der Waals surface area contributed by atoms with Crippen LogP contribution in [0.2, 0.25) is 0 Å². The predicted molar refractivity (Wildman–Crippen MR) is 63.8 cm³/mol. The SMILES string of the molecule is CC(C)C(Cc1ccc(Br)cc1)C(=O)O. The maximum atomic E-state index is 11.0. The number of carbonyl (C=O) groups is 1. The van der Waals surface area contributed by atoms with Gasteiger partial charge in [-0.05, 0) is 30.0 Å². The molecule has 0 aromatic heterocycles. The Balaban J connectivity index is 2.74. The lowest BCUT2D eigenvalue weighted by molar-refractivity contribution is -0.143. The summed E-state index contributed by atoms with van der Waals surface area (Å²) in [5.74, 6) is -0.856. The quantitative estimate of drug-likeness (QED) is 0.911. The molecule has 1 aromatic carbocycles. The molecular weight excluding hydrogens is 256 g/mol. The van der Waals surface area contributed by atoms with Gasteiger partial charge in [0.05, 0.1) is 5.92 Å². The molecule has 0 saturated carbocycles. The van der Waals surface area contributed by atoms with Gasteiger partial charge in [-0.25, -0.2) is 0 Å². The first-order chi connectivity index (χ1) is 7.00. The number of rotatable bonds is 4. The average Bonchev–Trinajstić information content (AvgIpc) is 2.15. The van der Waals surface area contributed by atoms with Crippen molar-refractivity contribution in [3.8, 4) is 0 Å². The van der Waals surface area contributed by atoms with Crippen LogP contribution in [0.5, 0.6) is 0 Å². The highest BCUT2D eigenvalue weighted by molar-refractivity contribution is 9.10. The molecule has 0 aliphatic rings. The lowest BCUT2D eigenvalue weighted by Gasteiger charge is -2.15. The summed E-state index contributed by atoms with van der Waals surface area (Å²) < 4.78 is 1.02. The maximum absolute atomic E-state index is 11.0. The number of halogens is 1. The molecule has 0 amide bonds. The summed E-state index contributed by atoms with van der Waals surface area (Å²) in [6, 6.07) is 7.80. The molecule has 1 unspecified atom stereocenters. The van der Waals surface area contributed by atoms with E-state index in [4.69, 9.17) is 5.11 Å². The molecule has 15 heavy (non-hydrogen) atoms. The molecule has 1 N–H and O–H groups in total. The zero-order valence-electron chi connectivity index (χ0n) is 8.90. The molecule has 1 aromatic rings. The molecule has 0 heterocycles. The van der Waals surface area contributed by atoms with Gasteiger partial charge in [0.15, 0.2) is 0 Å². The number of aliphatic carboxylic acids is 1. The fourth-order valence-corrected chi connectivity index (χ4v) is 1.75. The standard InChI is InChI=1S/C12H15BrO2/c1-8(2)11(12(14)15)7-9-3-5-10(13)6-4-9/h3-6,8,11H,7H2,1-2H3,(H,14,15). The number of hydrogen-bond acceptors (Lipinski definition) is 1. The van der Waals surface area contributed by atoms with E-state index in [1.807, 2.05) is 38.1 Å². The Labute approximate surface area is 98.4 Å². The van der Waals surface area contributed by atoms with Crippen LogP contribution in [0.4, 0.5) is 0 Å². The molecule has 3 heteroatoms. The third-order valence-corrected chi connectivity index (χ3v) is 3.02. The second-order valence-electron chi connectivity index (χ2n) is 4.02. The van der Waals surface area contributed by atoms with Gasteiger partial charge in [0.25, 0.3) is 0 Å². The molecule has 0 spiro atoms. The van der Waals surface area contributed by atoms with E-state index >= 15 is 0 Å². The highest BCUT2D eigenvalue weighted by Gasteiger charge is 2.21. The van der Waals surface area contributed by atoms with E-state index in [2.05, 4.69) is 15.9 Å². The molecule has 1 rings (SSSR count). The highest BCUT2D eigenvalue weighted by atomic mass is 79.9. The van der Waals surface area contributed by atoms with Crippen molar-refractivity contribution in [2.24, 2.45) is 11.8 Å². The third kappa shape index (κ3) is 3.67. The van der Waals surface area contributed by atoms with E-state index < -0.39 is 5.97 Å². The smallest absolute Gasteiger partial charge is 0.307 e. The summed E-state index contributed by atoms with van der Waals surface area (Å²) in [4.78, 5) is 11.0. The first kappa shape index (κ1) is 12.2. The van der Waals surface area contributed by atoms with Gasteiger partial charge >= 0.3 is 5.97 Å². The van der Waals surface area contributed by atoms with E-state index in [1.165, 1.54) is 0 Å². The van der Waals surface area contributed by atoms with Gasteiger partial charge in [-0.1, -0.05) is 41.9 Å². The second kappa shape index (κ2) is 5.31. The second-order valence-corrected chi connectivity index (χ2v) is 4.94. The normalized spacial score (nSPS) is 12.8. The lowest BCUT2D eigenvalue weighted by atomic mass is 9.89. The van der Waals surface area contributed by atoms with Crippen molar-refractivity contribution in [2.45, 2.75) is 20.3 Å². The van der Waals surface area contributed by atoms with Crippen molar-refractivity contribution >= 4 is 21.9 Å². The van der Waals surface area contributed by atoms with Crippen molar-refractivity contribution < 1.29 is 9.90 Å². The topological polar surface area (TPSA) is 37.3 Å². The van der Waals surface area contributed by atoms with Crippen LogP contribution in [-0.4, -0.2) is 11.1 Å². The van der Waals surface area contributed by atoms with Crippen molar-refractivity contribution in [2.75, 3.05) is 0 Å². The Kier molecular flexibility index (Phi) is 4.33. The van der Waals surface area contributed by atoms with Crippen molar-refractivity contribution in [1.82, 2.24) is 0 Å². The summed E-state index contributed by atoms with van der Waals surface area (Å²) in [5.41, 5.74) is 1.07. The van der Waals surface area contributed by atoms with E-state index in [9.17, 15) is 4.79 Å². The van der Waals surface area contributed by atoms with Crippen LogP contribution in [-0.2, 0) is 11.2 Å². The fourth-order valence-electron chi connectivity index (χ4n) is 1.48.